The SMILES string of the molecule is CCC=CCC=CCC=CCC=CCC=CCCCCCC(=O)OC(COC(=O)CCCCCCCCCCCCCC)COP(=O)(O)OCCN. The van der Waals surface area contributed by atoms with E-state index in [0.717, 1.165) is 70.6 Å². The second kappa shape index (κ2) is 38.4. The molecule has 3 N–H and O–H groups in total. The Morgan fingerprint density at radius 3 is 1.58 bits per heavy atom. The van der Waals surface area contributed by atoms with Gasteiger partial charge in [0.25, 0.3) is 0 Å². The van der Waals surface area contributed by atoms with Crippen molar-refractivity contribution in [3.63, 3.8) is 0 Å². The van der Waals surface area contributed by atoms with Crippen LogP contribution in [0.5, 0.6) is 0 Å². The maximum atomic E-state index is 12.5. The first kappa shape index (κ1) is 49.7. The Kier molecular flexibility index (Phi) is 36.7. The molecule has 52 heavy (non-hydrogen) atoms. The minimum absolute atomic E-state index is 0.0458. The molecular formula is C42H74NO8P. The minimum atomic E-state index is -4.38. The van der Waals surface area contributed by atoms with E-state index in [9.17, 15) is 19.0 Å². The standard InChI is InChI=1S/C42H74NO8P/c1-3-5-7-9-11-13-15-17-18-19-20-21-22-23-25-27-29-31-33-35-42(45)51-40(39-50-52(46,47)49-37-36-43)38-48-41(44)34-32-30-28-26-24-16-14-12-10-8-6-4-2/h5,7,11,13,17-18,20-21,23,25,40H,3-4,6,8-10,12,14-16,19,22,24,26-39,43H2,1-2H3,(H,46,47). The number of esters is 2. The number of ether oxygens (including phenoxy) is 2. The molecule has 0 radical (unpaired) electrons. The number of unbranched alkanes of at least 4 members (excludes halogenated alkanes) is 14. The maximum Gasteiger partial charge on any atom is 0.472 e. The first-order chi connectivity index (χ1) is 25.3. The summed E-state index contributed by atoms with van der Waals surface area (Å²) in [5.41, 5.74) is 5.33. The molecule has 0 heterocycles. The monoisotopic (exact) mass is 752 g/mol. The molecule has 0 bridgehead atoms. The van der Waals surface area contributed by atoms with Crippen LogP contribution in [0.3, 0.4) is 0 Å². The van der Waals surface area contributed by atoms with Gasteiger partial charge in [-0.1, -0.05) is 152 Å². The quantitative estimate of drug-likeness (QED) is 0.0275. The average molecular weight is 752 g/mol. The van der Waals surface area contributed by atoms with Crippen molar-refractivity contribution in [3.05, 3.63) is 60.8 Å². The maximum absolute atomic E-state index is 12.5. The highest BCUT2D eigenvalue weighted by Gasteiger charge is 2.25. The van der Waals surface area contributed by atoms with Crippen LogP contribution in [0.1, 0.15) is 162 Å². The molecule has 0 aromatic rings. The van der Waals surface area contributed by atoms with Crippen molar-refractivity contribution in [2.24, 2.45) is 5.73 Å². The number of hydrogen-bond acceptors (Lipinski definition) is 8. The largest absolute Gasteiger partial charge is 0.472 e. The first-order valence-corrected chi connectivity index (χ1v) is 21.8. The van der Waals surface area contributed by atoms with E-state index in [2.05, 4.69) is 74.6 Å². The highest BCUT2D eigenvalue weighted by molar-refractivity contribution is 7.47. The molecule has 2 unspecified atom stereocenters. The van der Waals surface area contributed by atoms with Crippen LogP contribution < -0.4 is 5.73 Å². The number of allylic oxidation sites excluding steroid dienone is 10. The summed E-state index contributed by atoms with van der Waals surface area (Å²) in [4.78, 5) is 34.8. The molecule has 9 nitrogen and oxygen atoms in total. The fraction of sp³-hybridized carbons (Fsp3) is 0.714. The Balaban J connectivity index is 4.27. The Morgan fingerprint density at radius 2 is 1.06 bits per heavy atom. The zero-order chi connectivity index (χ0) is 38.2. The molecule has 0 amide bonds. The second-order valence-electron chi connectivity index (χ2n) is 13.1. The molecule has 10 heteroatoms. The molecular weight excluding hydrogens is 677 g/mol. The number of phosphoric acid groups is 1. The molecule has 300 valence electrons. The van der Waals surface area contributed by atoms with Gasteiger partial charge in [-0.3, -0.25) is 18.6 Å². The molecule has 0 rings (SSSR count). The van der Waals surface area contributed by atoms with Crippen LogP contribution >= 0.6 is 7.82 Å². The molecule has 0 aliphatic rings. The number of rotatable bonds is 37. The van der Waals surface area contributed by atoms with Gasteiger partial charge in [0.2, 0.25) is 0 Å². The smallest absolute Gasteiger partial charge is 0.462 e. The van der Waals surface area contributed by atoms with Crippen LogP contribution in [0.4, 0.5) is 0 Å². The van der Waals surface area contributed by atoms with Crippen molar-refractivity contribution in [1.82, 2.24) is 0 Å². The second-order valence-corrected chi connectivity index (χ2v) is 14.6. The zero-order valence-electron chi connectivity index (χ0n) is 32.8. The minimum Gasteiger partial charge on any atom is -0.462 e. The van der Waals surface area contributed by atoms with E-state index in [0.29, 0.717) is 6.42 Å². The van der Waals surface area contributed by atoms with Gasteiger partial charge in [-0.05, 0) is 57.8 Å². The van der Waals surface area contributed by atoms with Crippen molar-refractivity contribution in [3.8, 4) is 0 Å². The van der Waals surface area contributed by atoms with Gasteiger partial charge in [0.1, 0.15) is 6.61 Å². The fourth-order valence-electron chi connectivity index (χ4n) is 5.19. The Bertz CT molecular complexity index is 1040. The van der Waals surface area contributed by atoms with E-state index in [1.165, 1.54) is 57.8 Å². The van der Waals surface area contributed by atoms with Gasteiger partial charge in [0.15, 0.2) is 6.10 Å². The van der Waals surface area contributed by atoms with E-state index in [1.807, 2.05) is 0 Å². The summed E-state index contributed by atoms with van der Waals surface area (Å²) in [6.45, 7) is 3.56. The number of nitrogens with two attached hydrogens (primary N) is 1. The van der Waals surface area contributed by atoms with Gasteiger partial charge in [-0.15, -0.1) is 0 Å². The molecule has 0 aliphatic heterocycles. The Morgan fingerprint density at radius 1 is 0.596 bits per heavy atom. The van der Waals surface area contributed by atoms with Crippen LogP contribution in [-0.2, 0) is 32.7 Å². The van der Waals surface area contributed by atoms with Gasteiger partial charge >= 0.3 is 19.8 Å². The third-order valence-corrected chi connectivity index (χ3v) is 9.15. The van der Waals surface area contributed by atoms with Crippen LogP contribution in [-0.4, -0.2) is 49.3 Å². The van der Waals surface area contributed by atoms with Crippen LogP contribution in [0.25, 0.3) is 0 Å². The predicted octanol–water partition coefficient (Wildman–Crippen LogP) is 11.3. The molecule has 0 spiro atoms. The highest BCUT2D eigenvalue weighted by atomic mass is 31.2. The number of phosphoric ester groups is 1. The average Bonchev–Trinajstić information content (AvgIpc) is 3.13. The van der Waals surface area contributed by atoms with E-state index < -0.39 is 32.5 Å². The van der Waals surface area contributed by atoms with Crippen molar-refractivity contribution in [1.29, 1.82) is 0 Å². The van der Waals surface area contributed by atoms with Crippen molar-refractivity contribution in [2.45, 2.75) is 168 Å². The predicted molar refractivity (Wildman–Crippen MR) is 215 cm³/mol. The lowest BCUT2D eigenvalue weighted by molar-refractivity contribution is -0.161. The number of hydrogen-bond donors (Lipinski definition) is 2. The van der Waals surface area contributed by atoms with Crippen LogP contribution in [0.2, 0.25) is 0 Å². The summed E-state index contributed by atoms with van der Waals surface area (Å²) < 4.78 is 32.7. The normalized spacial score (nSPS) is 14.0. The van der Waals surface area contributed by atoms with Gasteiger partial charge in [-0.2, -0.15) is 0 Å². The summed E-state index contributed by atoms with van der Waals surface area (Å²) in [6, 6.07) is 0. The summed E-state index contributed by atoms with van der Waals surface area (Å²) in [5, 5.41) is 0. The van der Waals surface area contributed by atoms with Gasteiger partial charge in [0.05, 0.1) is 13.2 Å². The molecule has 2 atom stereocenters. The highest BCUT2D eigenvalue weighted by Crippen LogP contribution is 2.43. The topological polar surface area (TPSA) is 134 Å². The summed E-state index contributed by atoms with van der Waals surface area (Å²) in [6.07, 6.45) is 43.9. The molecule has 0 aromatic heterocycles. The summed E-state index contributed by atoms with van der Waals surface area (Å²) >= 11 is 0. The molecule has 0 saturated carbocycles. The van der Waals surface area contributed by atoms with Gasteiger partial charge < -0.3 is 20.1 Å². The van der Waals surface area contributed by atoms with Crippen LogP contribution in [0, 0.1) is 0 Å². The first-order valence-electron chi connectivity index (χ1n) is 20.3. The zero-order valence-corrected chi connectivity index (χ0v) is 33.7. The van der Waals surface area contributed by atoms with Crippen molar-refractivity contribution in [2.75, 3.05) is 26.4 Å². The fourth-order valence-corrected chi connectivity index (χ4v) is 5.95. The number of carbonyl (C=O) groups excluding carboxylic acids is 2. The Hall–Kier alpha value is -2.29. The van der Waals surface area contributed by atoms with Gasteiger partial charge in [0, 0.05) is 19.4 Å². The third kappa shape index (κ3) is 37.5. The summed E-state index contributed by atoms with van der Waals surface area (Å²) in [7, 11) is -4.38. The van der Waals surface area contributed by atoms with Crippen LogP contribution in [0.15, 0.2) is 60.8 Å². The van der Waals surface area contributed by atoms with E-state index in [-0.39, 0.29) is 32.6 Å². The molecule has 0 aromatic carbocycles. The van der Waals surface area contributed by atoms with E-state index in [1.54, 1.807) is 0 Å². The third-order valence-electron chi connectivity index (χ3n) is 8.17. The lowest BCUT2D eigenvalue weighted by atomic mass is 10.0. The van der Waals surface area contributed by atoms with Gasteiger partial charge in [-0.25, -0.2) is 4.57 Å². The molecule has 0 saturated heterocycles. The van der Waals surface area contributed by atoms with Crippen molar-refractivity contribution < 1.29 is 37.6 Å². The summed E-state index contributed by atoms with van der Waals surface area (Å²) in [5.74, 6) is -0.870. The van der Waals surface area contributed by atoms with Crippen molar-refractivity contribution >= 4 is 19.8 Å². The van der Waals surface area contributed by atoms with E-state index >= 15 is 0 Å². The van der Waals surface area contributed by atoms with E-state index in [4.69, 9.17) is 24.3 Å². The Labute approximate surface area is 317 Å². The lowest BCUT2D eigenvalue weighted by Gasteiger charge is -2.19. The number of carbonyl (C=O) groups is 2. The molecule has 0 aliphatic carbocycles. The lowest BCUT2D eigenvalue weighted by Crippen LogP contribution is -2.29. The molecule has 0 fully saturated rings.